The molecule has 0 saturated heterocycles. The summed E-state index contributed by atoms with van der Waals surface area (Å²) in [6, 6.07) is 0. The molecule has 0 saturated carbocycles. The molecule has 34 heavy (non-hydrogen) atoms. The lowest BCUT2D eigenvalue weighted by molar-refractivity contribution is -0.469. The highest BCUT2D eigenvalue weighted by Crippen LogP contribution is 2.65. The Morgan fingerprint density at radius 3 is 1.03 bits per heavy atom. The fraction of sp³-hybridized carbons (Fsp3) is 0.917. The van der Waals surface area contributed by atoms with Crippen LogP contribution in [0.15, 0.2) is 0 Å². The first-order valence-electron chi connectivity index (χ1n) is 7.28. The van der Waals surface area contributed by atoms with Gasteiger partial charge in [-0.3, -0.25) is 0 Å². The SMILES string of the molecule is O=C([O-])COCC(F)(F)C(F)(F)C(F)(F)C(F)(F)C(F)(F)C(F)(F)C(F)(F)C(F)(F)C(F)(F)F. The molecule has 0 aliphatic rings. The number of halogens is 19. The minimum atomic E-state index is -9.01. The second kappa shape index (κ2) is 8.35. The Labute approximate surface area is 172 Å². The normalized spacial score (nSPS) is 16.1. The molecule has 0 unspecified atom stereocenters. The highest BCUT2D eigenvalue weighted by molar-refractivity contribution is 5.65. The molecule has 0 radical (unpaired) electrons. The third kappa shape index (κ3) is 4.29. The highest BCUT2D eigenvalue weighted by Gasteiger charge is 2.96. The van der Waals surface area contributed by atoms with Gasteiger partial charge < -0.3 is 14.6 Å². The van der Waals surface area contributed by atoms with Crippen molar-refractivity contribution in [1.82, 2.24) is 0 Å². The van der Waals surface area contributed by atoms with E-state index in [2.05, 4.69) is 4.74 Å². The van der Waals surface area contributed by atoms with Crippen LogP contribution in [0.5, 0.6) is 0 Å². The van der Waals surface area contributed by atoms with Gasteiger partial charge in [0.25, 0.3) is 0 Å². The van der Waals surface area contributed by atoms with Crippen molar-refractivity contribution in [3.63, 3.8) is 0 Å². The zero-order valence-corrected chi connectivity index (χ0v) is 14.8. The molecule has 0 aromatic heterocycles. The molecule has 0 rings (SSSR count). The fourth-order valence-electron chi connectivity index (χ4n) is 1.75. The van der Waals surface area contributed by atoms with Gasteiger partial charge in [0.2, 0.25) is 0 Å². The molecule has 0 amide bonds. The summed E-state index contributed by atoms with van der Waals surface area (Å²) in [4.78, 5) is 9.85. The Morgan fingerprint density at radius 2 is 0.765 bits per heavy atom. The van der Waals surface area contributed by atoms with E-state index < -0.39 is 72.7 Å². The maximum atomic E-state index is 13.4. The number of hydrogen-bond donors (Lipinski definition) is 0. The van der Waals surface area contributed by atoms with Crippen LogP contribution in [0.25, 0.3) is 0 Å². The van der Waals surface area contributed by atoms with Crippen molar-refractivity contribution in [2.75, 3.05) is 13.2 Å². The summed E-state index contributed by atoms with van der Waals surface area (Å²) < 4.78 is 249. The largest absolute Gasteiger partial charge is 0.548 e. The molecule has 0 N–H and O–H groups in total. The Bertz CT molecular complexity index is 752. The van der Waals surface area contributed by atoms with E-state index in [9.17, 15) is 93.3 Å². The number of aliphatic carboxylic acids is 1. The fourth-order valence-corrected chi connectivity index (χ4v) is 1.75. The Morgan fingerprint density at radius 1 is 0.500 bits per heavy atom. The summed E-state index contributed by atoms with van der Waals surface area (Å²) in [7, 11) is 0. The van der Waals surface area contributed by atoms with Crippen LogP contribution in [0.2, 0.25) is 0 Å². The van der Waals surface area contributed by atoms with Crippen molar-refractivity contribution in [3.05, 3.63) is 0 Å². The first-order chi connectivity index (χ1) is 14.4. The number of carbonyl (C=O) groups is 1. The third-order valence-electron chi connectivity index (χ3n) is 3.68. The summed E-state index contributed by atoms with van der Waals surface area (Å²) in [5.74, 6) is -70.1. The summed E-state index contributed by atoms with van der Waals surface area (Å²) in [6.45, 7) is -5.54. The molecule has 0 aliphatic carbocycles. The number of carboxylic acid groups (broad SMARTS) is 1. The van der Waals surface area contributed by atoms with Crippen LogP contribution >= 0.6 is 0 Å². The van der Waals surface area contributed by atoms with E-state index in [0.717, 1.165) is 0 Å². The van der Waals surface area contributed by atoms with Gasteiger partial charge in [-0.25, -0.2) is 0 Å². The molecule has 3 nitrogen and oxygen atoms in total. The molecule has 0 heterocycles. The van der Waals surface area contributed by atoms with Crippen LogP contribution in [-0.4, -0.2) is 72.7 Å². The minimum absolute atomic E-state index is 2.17. The Kier molecular flexibility index (Phi) is 7.88. The molecular formula is C12H4F19O3-. The van der Waals surface area contributed by atoms with E-state index in [1.165, 1.54) is 0 Å². The topological polar surface area (TPSA) is 49.4 Å². The summed E-state index contributed by atoms with van der Waals surface area (Å²) in [6.07, 6.45) is -7.94. The van der Waals surface area contributed by atoms with Gasteiger partial charge in [-0.2, -0.15) is 83.4 Å². The number of hydrogen-bond acceptors (Lipinski definition) is 3. The summed E-state index contributed by atoms with van der Waals surface area (Å²) in [5.41, 5.74) is 0. The maximum absolute atomic E-state index is 13.4. The first kappa shape index (κ1) is 32.1. The predicted molar refractivity (Wildman–Crippen MR) is 61.5 cm³/mol. The van der Waals surface area contributed by atoms with Gasteiger partial charge in [-0.05, 0) is 0 Å². The van der Waals surface area contributed by atoms with E-state index >= 15 is 0 Å². The summed E-state index contributed by atoms with van der Waals surface area (Å²) in [5, 5.41) is 9.85. The minimum Gasteiger partial charge on any atom is -0.548 e. The van der Waals surface area contributed by atoms with Crippen LogP contribution < -0.4 is 5.11 Å². The summed E-state index contributed by atoms with van der Waals surface area (Å²) >= 11 is 0. The lowest BCUT2D eigenvalue weighted by atomic mass is 9.87. The van der Waals surface area contributed by atoms with Gasteiger partial charge in [0.1, 0.15) is 6.61 Å². The quantitative estimate of drug-likeness (QED) is 0.355. The maximum Gasteiger partial charge on any atom is 0.460 e. The standard InChI is InChI=1S/C12H5F19O3/c13-4(14,2-34-1-3(32)33)5(15,16)6(17,18)7(19,20)8(21,22)9(23,24)10(25,26)11(27,28)12(29,30)31/h1-2H2,(H,32,33)/p-1. The highest BCUT2D eigenvalue weighted by atomic mass is 19.4. The van der Waals surface area contributed by atoms with Gasteiger partial charge in [-0.15, -0.1) is 0 Å². The number of rotatable bonds is 11. The molecule has 0 bridgehead atoms. The molecule has 0 fully saturated rings. The Balaban J connectivity index is 6.68. The van der Waals surface area contributed by atoms with E-state index in [-0.39, 0.29) is 0 Å². The average Bonchev–Trinajstić information content (AvgIpc) is 2.58. The Hall–Kier alpha value is -1.90. The van der Waals surface area contributed by atoms with Crippen molar-refractivity contribution in [3.8, 4) is 0 Å². The zero-order valence-electron chi connectivity index (χ0n) is 14.8. The van der Waals surface area contributed by atoms with Crippen LogP contribution in [0.4, 0.5) is 83.4 Å². The molecule has 0 aromatic rings. The molecule has 204 valence electrons. The third-order valence-corrected chi connectivity index (χ3v) is 3.68. The van der Waals surface area contributed by atoms with Gasteiger partial charge in [0.15, 0.2) is 0 Å². The lowest BCUT2D eigenvalue weighted by Crippen LogP contribution is -2.76. The number of carbonyl (C=O) groups excluding carboxylic acids is 1. The number of carboxylic acids is 1. The van der Waals surface area contributed by atoms with Gasteiger partial charge >= 0.3 is 53.6 Å². The smallest absolute Gasteiger partial charge is 0.460 e. The van der Waals surface area contributed by atoms with E-state index in [0.29, 0.717) is 0 Å². The van der Waals surface area contributed by atoms with Crippen molar-refractivity contribution in [2.45, 2.75) is 53.6 Å². The van der Waals surface area contributed by atoms with Gasteiger partial charge in [0, 0.05) is 0 Å². The molecule has 22 heteroatoms. The lowest BCUT2D eigenvalue weighted by Gasteiger charge is -2.43. The molecular weight excluding hydrogens is 553 g/mol. The zero-order chi connectivity index (χ0) is 28.2. The van der Waals surface area contributed by atoms with Crippen molar-refractivity contribution < 1.29 is 98.1 Å². The number of ether oxygens (including phenoxy) is 1. The first-order valence-corrected chi connectivity index (χ1v) is 7.28. The van der Waals surface area contributed by atoms with Crippen molar-refractivity contribution in [1.29, 1.82) is 0 Å². The predicted octanol–water partition coefficient (Wildman–Crippen LogP) is 4.40. The average molecular weight is 557 g/mol. The second-order valence-corrected chi connectivity index (χ2v) is 6.09. The van der Waals surface area contributed by atoms with Crippen LogP contribution in [0, 0.1) is 0 Å². The van der Waals surface area contributed by atoms with E-state index in [1.807, 2.05) is 0 Å². The van der Waals surface area contributed by atoms with Crippen LogP contribution in [0.1, 0.15) is 0 Å². The second-order valence-electron chi connectivity index (χ2n) is 6.09. The van der Waals surface area contributed by atoms with Crippen LogP contribution in [-0.2, 0) is 9.53 Å². The van der Waals surface area contributed by atoms with Crippen molar-refractivity contribution >= 4 is 5.97 Å². The molecule has 0 atom stereocenters. The van der Waals surface area contributed by atoms with Gasteiger partial charge in [-0.1, -0.05) is 0 Å². The molecule has 0 spiro atoms. The molecule has 0 aliphatic heterocycles. The van der Waals surface area contributed by atoms with E-state index in [1.54, 1.807) is 0 Å². The van der Waals surface area contributed by atoms with Crippen LogP contribution in [0.3, 0.4) is 0 Å². The monoisotopic (exact) mass is 557 g/mol. The van der Waals surface area contributed by atoms with E-state index in [4.69, 9.17) is 0 Å². The van der Waals surface area contributed by atoms with Gasteiger partial charge in [0.05, 0.1) is 12.6 Å². The number of alkyl halides is 19. The molecule has 0 aromatic carbocycles. The van der Waals surface area contributed by atoms with Crippen molar-refractivity contribution in [2.24, 2.45) is 0 Å².